The Labute approximate surface area is 210 Å². The zero-order chi connectivity index (χ0) is 27.6. The number of likely N-dealkylation sites (N-methyl/N-ethyl adjacent to an activating group) is 1. The third-order valence-electron chi connectivity index (χ3n) is 7.43. The minimum absolute atomic E-state index is 0.0735. The van der Waals surface area contributed by atoms with Crippen LogP contribution in [0.2, 0.25) is 0 Å². The lowest BCUT2D eigenvalue weighted by Gasteiger charge is -2.47. The molecule has 4 rings (SSSR count). The molecule has 0 saturated heterocycles. The smallest absolute Gasteiger partial charge is 0.255 e. The average Bonchev–Trinajstić information content (AvgIpc) is 2.82. The lowest BCUT2D eigenvalue weighted by molar-refractivity contribution is -0.145. The summed E-state index contributed by atoms with van der Waals surface area (Å²) in [5.74, 6) is -10.4. The summed E-state index contributed by atoms with van der Waals surface area (Å²) >= 11 is 0. The number of nitrogens with one attached hydrogen (secondary N) is 1. The third-order valence-corrected chi connectivity index (χ3v) is 7.43. The topological polar surface area (TPSA) is 217 Å². The SMILES string of the molecule is CCN(C)CC(=O)Nc1cc(F)c2c(c1O)C(=O)C1=C(O)[C@]3(O)C(=O)C(C(N)=O)=C(O)[C@H](N)[C@@H]3C[C@@H]1C2. The number of carbonyl (C=O) groups is 4. The van der Waals surface area contributed by atoms with Gasteiger partial charge in [0.1, 0.15) is 22.9 Å². The number of phenols is 1. The van der Waals surface area contributed by atoms with Gasteiger partial charge in [0.2, 0.25) is 11.7 Å². The van der Waals surface area contributed by atoms with Gasteiger partial charge < -0.3 is 37.2 Å². The molecule has 0 radical (unpaired) electrons. The van der Waals surface area contributed by atoms with Crippen molar-refractivity contribution in [1.29, 1.82) is 0 Å². The second-order valence-corrected chi connectivity index (χ2v) is 9.57. The van der Waals surface area contributed by atoms with E-state index in [1.807, 2.05) is 6.92 Å². The first-order valence-electron chi connectivity index (χ1n) is 11.5. The molecule has 2 amide bonds. The molecule has 0 saturated carbocycles. The molecule has 0 fully saturated rings. The van der Waals surface area contributed by atoms with Gasteiger partial charge in [-0.05, 0) is 32.4 Å². The number of fused-ring (bicyclic) bond motifs is 3. The van der Waals surface area contributed by atoms with Crippen LogP contribution in [0.5, 0.6) is 5.75 Å². The van der Waals surface area contributed by atoms with Crippen molar-refractivity contribution >= 4 is 29.1 Å². The van der Waals surface area contributed by atoms with E-state index >= 15 is 4.39 Å². The molecule has 0 unspecified atom stereocenters. The molecule has 0 heterocycles. The summed E-state index contributed by atoms with van der Waals surface area (Å²) in [5, 5.41) is 45.8. The van der Waals surface area contributed by atoms with Gasteiger partial charge in [-0.1, -0.05) is 6.92 Å². The molecule has 0 spiro atoms. The van der Waals surface area contributed by atoms with E-state index in [0.717, 1.165) is 6.07 Å². The van der Waals surface area contributed by atoms with E-state index in [1.54, 1.807) is 11.9 Å². The largest absolute Gasteiger partial charge is 0.510 e. The van der Waals surface area contributed by atoms with E-state index in [0.29, 0.717) is 6.54 Å². The highest BCUT2D eigenvalue weighted by Crippen LogP contribution is 2.52. The first-order chi connectivity index (χ1) is 17.2. The number of hydrogen-bond donors (Lipinski definition) is 7. The number of hydrogen-bond acceptors (Lipinski definition) is 10. The zero-order valence-electron chi connectivity index (χ0n) is 20.0. The molecule has 3 aliphatic carbocycles. The van der Waals surface area contributed by atoms with Gasteiger partial charge in [0.25, 0.3) is 5.91 Å². The third kappa shape index (κ3) is 3.77. The highest BCUT2D eigenvalue weighted by atomic mass is 19.1. The van der Waals surface area contributed by atoms with Crippen molar-refractivity contribution in [1.82, 2.24) is 4.90 Å². The van der Waals surface area contributed by atoms with Gasteiger partial charge in [-0.2, -0.15) is 0 Å². The van der Waals surface area contributed by atoms with Gasteiger partial charge in [0, 0.05) is 23.1 Å². The normalized spacial score (nSPS) is 27.1. The molecule has 0 aromatic heterocycles. The minimum atomic E-state index is -2.86. The number of aliphatic hydroxyl groups is 3. The van der Waals surface area contributed by atoms with Crippen LogP contribution in [0.1, 0.15) is 29.3 Å². The van der Waals surface area contributed by atoms with Crippen LogP contribution < -0.4 is 16.8 Å². The molecular formula is C24H27FN4O8. The molecule has 1 aromatic rings. The molecule has 0 aliphatic heterocycles. The number of nitrogens with zero attached hydrogens (tertiary/aromatic N) is 1. The number of aliphatic hydroxyl groups excluding tert-OH is 2. The Hall–Kier alpha value is -3.81. The van der Waals surface area contributed by atoms with Crippen molar-refractivity contribution in [3.05, 3.63) is 45.7 Å². The highest BCUT2D eigenvalue weighted by Gasteiger charge is 2.62. The van der Waals surface area contributed by atoms with E-state index in [9.17, 15) is 39.6 Å². The van der Waals surface area contributed by atoms with Crippen molar-refractivity contribution in [3.8, 4) is 5.75 Å². The Morgan fingerprint density at radius 3 is 2.51 bits per heavy atom. The number of aromatic hydroxyl groups is 1. The van der Waals surface area contributed by atoms with Gasteiger partial charge in [-0.15, -0.1) is 0 Å². The molecule has 13 heteroatoms. The molecule has 9 N–H and O–H groups in total. The number of primary amides is 1. The molecule has 0 bridgehead atoms. The van der Waals surface area contributed by atoms with Crippen molar-refractivity contribution in [2.75, 3.05) is 25.5 Å². The Balaban J connectivity index is 1.82. The lowest BCUT2D eigenvalue weighted by Crippen LogP contribution is -2.63. The Kier molecular flexibility index (Phi) is 6.34. The number of rotatable bonds is 5. The molecule has 198 valence electrons. The number of allylic oxidation sites excluding steroid dienone is 1. The van der Waals surface area contributed by atoms with Gasteiger partial charge >= 0.3 is 0 Å². The van der Waals surface area contributed by atoms with E-state index in [4.69, 9.17) is 11.5 Å². The summed E-state index contributed by atoms with van der Waals surface area (Å²) in [5.41, 5.74) is 5.71. The number of anilines is 1. The van der Waals surface area contributed by atoms with Crippen LogP contribution in [0.3, 0.4) is 0 Å². The maximum atomic E-state index is 15.1. The van der Waals surface area contributed by atoms with Crippen molar-refractivity contribution < 1.29 is 44.0 Å². The first-order valence-corrected chi connectivity index (χ1v) is 11.5. The summed E-state index contributed by atoms with van der Waals surface area (Å²) in [7, 11) is 1.67. The standard InChI is InChI=1S/C24H27FN4O8/c1-3-29(2)7-13(30)28-12-6-11(25)9-4-8-5-10-17(26)20(33)16(23(27)36)22(35)24(10,37)21(34)14(8)19(32)15(9)18(12)31/h6,8,10,17,31,33-34,37H,3-5,7,26H2,1-2H3,(H2,27,36)(H,28,30)/t8-,10-,17+,24-/m0/s1. The van der Waals surface area contributed by atoms with Crippen LogP contribution in [0, 0.1) is 17.7 Å². The number of ketones is 2. The Bertz CT molecular complexity index is 1320. The van der Waals surface area contributed by atoms with Crippen molar-refractivity contribution in [2.45, 2.75) is 31.4 Å². The number of halogens is 1. The predicted octanol–water partition coefficient (Wildman–Crippen LogP) is -0.453. The zero-order valence-corrected chi connectivity index (χ0v) is 20.0. The maximum Gasteiger partial charge on any atom is 0.255 e. The first kappa shape index (κ1) is 26.3. The van der Waals surface area contributed by atoms with Gasteiger partial charge in [-0.25, -0.2) is 4.39 Å². The highest BCUT2D eigenvalue weighted by molar-refractivity contribution is 6.25. The Morgan fingerprint density at radius 2 is 1.92 bits per heavy atom. The van der Waals surface area contributed by atoms with E-state index in [1.165, 1.54) is 0 Å². The summed E-state index contributed by atoms with van der Waals surface area (Å²) in [6.07, 6.45) is -0.473. The maximum absolute atomic E-state index is 15.1. The van der Waals surface area contributed by atoms with Gasteiger partial charge in [0.05, 0.1) is 23.8 Å². The number of amides is 2. The predicted molar refractivity (Wildman–Crippen MR) is 126 cm³/mol. The fourth-order valence-corrected chi connectivity index (χ4v) is 5.38. The van der Waals surface area contributed by atoms with E-state index < -0.39 is 86.7 Å². The number of nitrogens with two attached hydrogens (primary N) is 2. The van der Waals surface area contributed by atoms with E-state index in [2.05, 4.69) is 5.32 Å². The molecule has 37 heavy (non-hydrogen) atoms. The van der Waals surface area contributed by atoms with Gasteiger partial charge in [-0.3, -0.25) is 24.1 Å². The number of Topliss-reactive ketones (excluding diaryl/α,β-unsaturated/α-hetero) is 2. The summed E-state index contributed by atoms with van der Waals surface area (Å²) in [4.78, 5) is 52.3. The summed E-state index contributed by atoms with van der Waals surface area (Å²) < 4.78 is 15.1. The van der Waals surface area contributed by atoms with Crippen LogP contribution >= 0.6 is 0 Å². The fourth-order valence-electron chi connectivity index (χ4n) is 5.38. The van der Waals surface area contributed by atoms with Crippen LogP contribution in [0.15, 0.2) is 28.7 Å². The summed E-state index contributed by atoms with van der Waals surface area (Å²) in [6, 6.07) is -0.620. The van der Waals surface area contributed by atoms with Crippen molar-refractivity contribution in [3.63, 3.8) is 0 Å². The minimum Gasteiger partial charge on any atom is -0.510 e. The summed E-state index contributed by atoms with van der Waals surface area (Å²) in [6.45, 7) is 2.28. The molecule has 1 aromatic carbocycles. The second-order valence-electron chi connectivity index (χ2n) is 9.57. The van der Waals surface area contributed by atoms with Crippen LogP contribution in [0.25, 0.3) is 0 Å². The van der Waals surface area contributed by atoms with E-state index in [-0.39, 0.29) is 30.6 Å². The Morgan fingerprint density at radius 1 is 1.27 bits per heavy atom. The molecule has 3 aliphatic rings. The second kappa shape index (κ2) is 8.94. The molecule has 12 nitrogen and oxygen atoms in total. The molecular weight excluding hydrogens is 491 g/mol. The number of benzene rings is 1. The van der Waals surface area contributed by atoms with Crippen LogP contribution in [-0.4, -0.2) is 80.5 Å². The fraction of sp³-hybridized carbons (Fsp3) is 0.417. The monoisotopic (exact) mass is 518 g/mol. The quantitative estimate of drug-likeness (QED) is 0.197. The van der Waals surface area contributed by atoms with Gasteiger partial charge in [0.15, 0.2) is 17.1 Å². The average molecular weight is 518 g/mol. The molecule has 4 atom stereocenters. The number of carbonyl (C=O) groups excluding carboxylic acids is 4. The van der Waals surface area contributed by atoms with Crippen LogP contribution in [0.4, 0.5) is 10.1 Å². The number of phenolic OH excluding ortho intramolecular Hbond substituents is 1. The van der Waals surface area contributed by atoms with Crippen LogP contribution in [-0.2, 0) is 20.8 Å². The van der Waals surface area contributed by atoms with Crippen molar-refractivity contribution in [2.24, 2.45) is 23.3 Å². The lowest BCUT2D eigenvalue weighted by atomic mass is 9.59.